The second kappa shape index (κ2) is 9.19. The van der Waals surface area contributed by atoms with Gasteiger partial charge in [-0.1, -0.05) is 0 Å². The Kier molecular flexibility index (Phi) is 8.10. The normalized spacial score (nSPS) is 18.7. The number of piperidine rings is 1. The maximum Gasteiger partial charge on any atom is 0.511 e. The highest BCUT2D eigenvalue weighted by Gasteiger charge is 2.50. The number of guanidine groups is 1. The van der Waals surface area contributed by atoms with Crippen molar-refractivity contribution in [2.75, 3.05) is 38.5 Å². The first-order valence-corrected chi connectivity index (χ1v) is 11.1. The monoisotopic (exact) mass is 423 g/mol. The van der Waals surface area contributed by atoms with Gasteiger partial charge in [-0.25, -0.2) is 22.0 Å². The molecule has 1 heterocycles. The van der Waals surface area contributed by atoms with Gasteiger partial charge < -0.3 is 10.6 Å². The first-order chi connectivity index (χ1) is 11.9. The van der Waals surface area contributed by atoms with E-state index in [-0.39, 0.29) is 50.7 Å². The number of hydrogen-bond donors (Lipinski definition) is 3. The van der Waals surface area contributed by atoms with E-state index in [4.69, 9.17) is 5.14 Å². The Bertz CT molecular complexity index is 686. The molecular formula is C12H24F3N5O4S2. The van der Waals surface area contributed by atoms with Gasteiger partial charge in [-0.3, -0.25) is 4.99 Å². The quantitative estimate of drug-likeness (QED) is 0.370. The SMILES string of the molecule is CCNC(=NCC1CCN(S(=O)(=O)C(F)(F)F)CC1)NCCS(N)(=O)=O. The lowest BCUT2D eigenvalue weighted by molar-refractivity contribution is -0.0496. The molecule has 0 atom stereocenters. The zero-order valence-electron chi connectivity index (χ0n) is 14.3. The highest BCUT2D eigenvalue weighted by Crippen LogP contribution is 2.30. The Labute approximate surface area is 151 Å². The highest BCUT2D eigenvalue weighted by molar-refractivity contribution is 7.90. The number of sulfonamides is 2. The Morgan fingerprint density at radius 2 is 1.77 bits per heavy atom. The van der Waals surface area contributed by atoms with Crippen LogP contribution in [0, 0.1) is 5.92 Å². The third-order valence-electron chi connectivity index (χ3n) is 3.74. The summed E-state index contributed by atoms with van der Waals surface area (Å²) in [5, 5.41) is 10.6. The molecule has 0 radical (unpaired) electrons. The summed E-state index contributed by atoms with van der Waals surface area (Å²) in [6.07, 6.45) is 0.519. The van der Waals surface area contributed by atoms with Crippen LogP contribution in [0.5, 0.6) is 0 Å². The van der Waals surface area contributed by atoms with Crippen LogP contribution in [0.3, 0.4) is 0 Å². The maximum atomic E-state index is 12.5. The molecule has 26 heavy (non-hydrogen) atoms. The molecule has 4 N–H and O–H groups in total. The molecule has 0 amide bonds. The van der Waals surface area contributed by atoms with Gasteiger partial charge in [-0.05, 0) is 25.7 Å². The Balaban J connectivity index is 2.55. The van der Waals surface area contributed by atoms with E-state index in [9.17, 15) is 30.0 Å². The number of primary sulfonamides is 1. The van der Waals surface area contributed by atoms with Gasteiger partial charge in [0.05, 0.1) is 5.75 Å². The smallest absolute Gasteiger partial charge is 0.357 e. The molecule has 1 saturated heterocycles. The Morgan fingerprint density at radius 3 is 2.23 bits per heavy atom. The molecule has 9 nitrogen and oxygen atoms in total. The van der Waals surface area contributed by atoms with Crippen molar-refractivity contribution >= 4 is 26.0 Å². The van der Waals surface area contributed by atoms with Crippen molar-refractivity contribution in [1.29, 1.82) is 0 Å². The molecule has 0 aromatic rings. The van der Waals surface area contributed by atoms with Crippen molar-refractivity contribution in [2.24, 2.45) is 16.0 Å². The van der Waals surface area contributed by atoms with E-state index < -0.39 is 25.6 Å². The minimum absolute atomic E-state index is 0.0624. The second-order valence-corrected chi connectivity index (χ2v) is 9.47. The average molecular weight is 423 g/mol. The van der Waals surface area contributed by atoms with Crippen LogP contribution in [0.4, 0.5) is 13.2 Å². The molecule has 0 spiro atoms. The van der Waals surface area contributed by atoms with Crippen molar-refractivity contribution in [3.05, 3.63) is 0 Å². The molecule has 1 aliphatic heterocycles. The molecule has 1 aliphatic rings. The first-order valence-electron chi connectivity index (χ1n) is 7.96. The minimum Gasteiger partial charge on any atom is -0.357 e. The van der Waals surface area contributed by atoms with Crippen molar-refractivity contribution < 1.29 is 30.0 Å². The highest BCUT2D eigenvalue weighted by atomic mass is 32.2. The first kappa shape index (κ1) is 22.9. The molecule has 1 fully saturated rings. The number of alkyl halides is 3. The van der Waals surface area contributed by atoms with E-state index in [0.29, 0.717) is 16.8 Å². The summed E-state index contributed by atoms with van der Waals surface area (Å²) < 4.78 is 82.6. The zero-order valence-corrected chi connectivity index (χ0v) is 15.9. The van der Waals surface area contributed by atoms with E-state index in [1.807, 2.05) is 6.92 Å². The summed E-state index contributed by atoms with van der Waals surface area (Å²) in [7, 11) is -8.89. The molecule has 0 aromatic carbocycles. The van der Waals surface area contributed by atoms with Gasteiger partial charge in [-0.2, -0.15) is 17.5 Å². The number of halogens is 3. The van der Waals surface area contributed by atoms with Gasteiger partial charge >= 0.3 is 15.5 Å². The predicted molar refractivity (Wildman–Crippen MR) is 91.2 cm³/mol. The van der Waals surface area contributed by atoms with E-state index in [2.05, 4.69) is 15.6 Å². The summed E-state index contributed by atoms with van der Waals surface area (Å²) in [4.78, 5) is 4.26. The molecule has 0 saturated carbocycles. The Morgan fingerprint density at radius 1 is 1.19 bits per heavy atom. The number of nitrogens with one attached hydrogen (secondary N) is 2. The number of aliphatic imine (C=N–C) groups is 1. The second-order valence-electron chi connectivity index (χ2n) is 5.81. The van der Waals surface area contributed by atoms with Crippen molar-refractivity contribution in [2.45, 2.75) is 25.3 Å². The number of rotatable bonds is 7. The van der Waals surface area contributed by atoms with Crippen molar-refractivity contribution in [3.63, 3.8) is 0 Å². The number of hydrogen-bond acceptors (Lipinski definition) is 5. The van der Waals surface area contributed by atoms with Crippen LogP contribution in [-0.4, -0.2) is 71.1 Å². The molecule has 0 bridgehead atoms. The van der Waals surface area contributed by atoms with E-state index in [1.165, 1.54) is 0 Å². The minimum atomic E-state index is -5.29. The summed E-state index contributed by atoms with van der Waals surface area (Å²) >= 11 is 0. The molecule has 0 aliphatic carbocycles. The summed E-state index contributed by atoms with van der Waals surface area (Å²) in [5.74, 6) is 0.0235. The van der Waals surface area contributed by atoms with Gasteiger partial charge in [0.15, 0.2) is 5.96 Å². The van der Waals surface area contributed by atoms with Gasteiger partial charge in [0.25, 0.3) is 0 Å². The lowest BCUT2D eigenvalue weighted by Gasteiger charge is -2.30. The summed E-state index contributed by atoms with van der Waals surface area (Å²) in [6, 6.07) is 0. The standard InChI is InChI=1S/C12H24F3N5O4S2/c1-2-17-11(18-5-8-25(16,21)22)19-9-10-3-6-20(7-4-10)26(23,24)12(13,14)15/h10H,2-9H2,1H3,(H2,16,21,22)(H2,17,18,19). The number of nitrogens with two attached hydrogens (primary N) is 1. The van der Waals surface area contributed by atoms with E-state index in [0.717, 1.165) is 0 Å². The van der Waals surface area contributed by atoms with Crippen LogP contribution < -0.4 is 15.8 Å². The molecular weight excluding hydrogens is 399 g/mol. The third-order valence-corrected chi connectivity index (χ3v) is 6.14. The predicted octanol–water partition coefficient (Wildman–Crippen LogP) is -0.608. The van der Waals surface area contributed by atoms with Gasteiger partial charge in [0.1, 0.15) is 0 Å². The molecule has 14 heteroatoms. The average Bonchev–Trinajstić information content (AvgIpc) is 2.50. The molecule has 154 valence electrons. The molecule has 0 aromatic heterocycles. The van der Waals surface area contributed by atoms with Crippen LogP contribution >= 0.6 is 0 Å². The molecule has 1 rings (SSSR count). The van der Waals surface area contributed by atoms with Gasteiger partial charge in [-0.15, -0.1) is 0 Å². The Hall–Kier alpha value is -1.12. The zero-order chi connectivity index (χ0) is 20.0. The van der Waals surface area contributed by atoms with Crippen LogP contribution in [0.1, 0.15) is 19.8 Å². The lowest BCUT2D eigenvalue weighted by Crippen LogP contribution is -2.45. The van der Waals surface area contributed by atoms with Crippen LogP contribution in [0.15, 0.2) is 4.99 Å². The largest absolute Gasteiger partial charge is 0.511 e. The van der Waals surface area contributed by atoms with Crippen LogP contribution in [0.25, 0.3) is 0 Å². The van der Waals surface area contributed by atoms with Gasteiger partial charge in [0, 0.05) is 32.7 Å². The van der Waals surface area contributed by atoms with Crippen molar-refractivity contribution in [3.8, 4) is 0 Å². The fourth-order valence-corrected chi connectivity index (χ4v) is 3.72. The van der Waals surface area contributed by atoms with Gasteiger partial charge in [0.2, 0.25) is 10.0 Å². The third kappa shape index (κ3) is 7.25. The topological polar surface area (TPSA) is 134 Å². The number of nitrogens with zero attached hydrogens (tertiary/aromatic N) is 2. The fraction of sp³-hybridized carbons (Fsp3) is 0.917. The summed E-state index contributed by atoms with van der Waals surface area (Å²) in [5.41, 5.74) is -5.29. The van der Waals surface area contributed by atoms with Crippen LogP contribution in [-0.2, 0) is 20.0 Å². The summed E-state index contributed by atoms with van der Waals surface area (Å²) in [6.45, 7) is 2.27. The van der Waals surface area contributed by atoms with Crippen LogP contribution in [0.2, 0.25) is 0 Å². The van der Waals surface area contributed by atoms with E-state index >= 15 is 0 Å². The molecule has 0 unspecified atom stereocenters. The van der Waals surface area contributed by atoms with E-state index in [1.54, 1.807) is 0 Å². The fourth-order valence-electron chi connectivity index (χ4n) is 2.35. The van der Waals surface area contributed by atoms with Crippen molar-refractivity contribution in [1.82, 2.24) is 14.9 Å². The lowest BCUT2D eigenvalue weighted by atomic mass is 9.98. The maximum absolute atomic E-state index is 12.5.